The second-order valence-corrected chi connectivity index (χ2v) is 3.63. The predicted molar refractivity (Wildman–Crippen MR) is 52.8 cm³/mol. The van der Waals surface area contributed by atoms with Gasteiger partial charge in [-0.25, -0.2) is 0 Å². The van der Waals surface area contributed by atoms with Gasteiger partial charge in [-0.3, -0.25) is 0 Å². The van der Waals surface area contributed by atoms with Gasteiger partial charge >= 0.3 is 0 Å². The summed E-state index contributed by atoms with van der Waals surface area (Å²) in [6, 6.07) is 0.267. The summed E-state index contributed by atoms with van der Waals surface area (Å²) in [6.45, 7) is 2.74. The summed E-state index contributed by atoms with van der Waals surface area (Å²) in [6.07, 6.45) is 1.68. The standard InChI is InChI=1S/C9H16N4/c10-6-1-3-12-5-8-9(6)7(11)2-4-13-8/h8,10,12-13H,1-5,11H2. The van der Waals surface area contributed by atoms with Crippen LogP contribution in [-0.2, 0) is 0 Å². The summed E-state index contributed by atoms with van der Waals surface area (Å²) in [5.41, 5.74) is 8.59. The fraction of sp³-hybridized carbons (Fsp3) is 0.667. The van der Waals surface area contributed by atoms with Gasteiger partial charge in [0.15, 0.2) is 0 Å². The van der Waals surface area contributed by atoms with Crippen LogP contribution in [0.25, 0.3) is 0 Å². The number of nitrogens with one attached hydrogen (secondary N) is 3. The van der Waals surface area contributed by atoms with Crippen molar-refractivity contribution in [3.63, 3.8) is 0 Å². The zero-order valence-corrected chi connectivity index (χ0v) is 7.69. The average molecular weight is 180 g/mol. The van der Waals surface area contributed by atoms with Crippen molar-refractivity contribution in [2.45, 2.75) is 18.9 Å². The molecule has 1 fully saturated rings. The number of hydrogen-bond donors (Lipinski definition) is 4. The van der Waals surface area contributed by atoms with Crippen LogP contribution < -0.4 is 16.4 Å². The molecule has 0 radical (unpaired) electrons. The summed E-state index contributed by atoms with van der Waals surface area (Å²) >= 11 is 0. The monoisotopic (exact) mass is 180 g/mol. The molecule has 0 amide bonds. The van der Waals surface area contributed by atoms with Crippen LogP contribution in [-0.4, -0.2) is 31.4 Å². The van der Waals surface area contributed by atoms with Crippen LogP contribution in [0.4, 0.5) is 0 Å². The van der Waals surface area contributed by atoms with Gasteiger partial charge in [-0.2, -0.15) is 0 Å². The van der Waals surface area contributed by atoms with Gasteiger partial charge < -0.3 is 21.8 Å². The highest BCUT2D eigenvalue weighted by Gasteiger charge is 2.25. The van der Waals surface area contributed by atoms with E-state index in [1.807, 2.05) is 0 Å². The molecule has 72 valence electrons. The van der Waals surface area contributed by atoms with Crippen molar-refractivity contribution in [3.05, 3.63) is 11.3 Å². The van der Waals surface area contributed by atoms with Gasteiger partial charge in [-0.05, 0) is 6.42 Å². The quantitative estimate of drug-likeness (QED) is 0.409. The van der Waals surface area contributed by atoms with Crippen LogP contribution in [0, 0.1) is 5.41 Å². The van der Waals surface area contributed by atoms with E-state index >= 15 is 0 Å². The summed E-state index contributed by atoms with van der Waals surface area (Å²) in [5.74, 6) is 0. The van der Waals surface area contributed by atoms with Crippen LogP contribution in [0.5, 0.6) is 0 Å². The average Bonchev–Trinajstić information content (AvgIpc) is 2.29. The van der Waals surface area contributed by atoms with Crippen molar-refractivity contribution in [2.24, 2.45) is 5.73 Å². The largest absolute Gasteiger partial charge is 0.402 e. The molecule has 4 nitrogen and oxygen atoms in total. The molecule has 13 heavy (non-hydrogen) atoms. The van der Waals surface area contributed by atoms with Crippen molar-refractivity contribution >= 4 is 5.71 Å². The van der Waals surface area contributed by atoms with E-state index in [0.29, 0.717) is 5.71 Å². The van der Waals surface area contributed by atoms with Crippen molar-refractivity contribution in [1.29, 1.82) is 5.41 Å². The molecule has 0 aromatic rings. The smallest absolute Gasteiger partial charge is 0.0482 e. The normalized spacial score (nSPS) is 29.8. The SMILES string of the molecule is N=C1CCNCC2NCCC(N)=C12. The van der Waals surface area contributed by atoms with Gasteiger partial charge in [0.2, 0.25) is 0 Å². The molecule has 2 aliphatic rings. The number of rotatable bonds is 0. The first-order valence-electron chi connectivity index (χ1n) is 4.79. The predicted octanol–water partition coefficient (Wildman–Crippen LogP) is -0.426. The molecule has 0 saturated carbocycles. The Kier molecular flexibility index (Phi) is 2.33. The molecule has 2 rings (SSSR count). The molecule has 2 aliphatic heterocycles. The van der Waals surface area contributed by atoms with Crippen LogP contribution in [0.15, 0.2) is 11.3 Å². The maximum Gasteiger partial charge on any atom is 0.0482 e. The van der Waals surface area contributed by atoms with Gasteiger partial charge in [0.05, 0.1) is 0 Å². The van der Waals surface area contributed by atoms with Crippen molar-refractivity contribution in [3.8, 4) is 0 Å². The molecule has 5 N–H and O–H groups in total. The summed E-state index contributed by atoms with van der Waals surface area (Å²) < 4.78 is 0. The Balaban J connectivity index is 2.31. The van der Waals surface area contributed by atoms with Crippen molar-refractivity contribution in [1.82, 2.24) is 10.6 Å². The highest BCUT2D eigenvalue weighted by atomic mass is 15.0. The van der Waals surface area contributed by atoms with Crippen LogP contribution >= 0.6 is 0 Å². The molecule has 1 atom stereocenters. The molecule has 0 spiro atoms. The molecule has 1 saturated heterocycles. The first-order chi connectivity index (χ1) is 6.29. The molecule has 1 unspecified atom stereocenters. The molecule has 2 heterocycles. The highest BCUT2D eigenvalue weighted by molar-refractivity contribution is 6.00. The minimum absolute atomic E-state index is 0.267. The lowest BCUT2D eigenvalue weighted by molar-refractivity contribution is 0.520. The maximum atomic E-state index is 7.87. The van der Waals surface area contributed by atoms with E-state index < -0.39 is 0 Å². The topological polar surface area (TPSA) is 73.9 Å². The minimum atomic E-state index is 0.267. The summed E-state index contributed by atoms with van der Waals surface area (Å²) in [4.78, 5) is 0. The second kappa shape index (κ2) is 3.47. The van der Waals surface area contributed by atoms with E-state index in [1.165, 1.54) is 0 Å². The zero-order chi connectivity index (χ0) is 9.26. The summed E-state index contributed by atoms with van der Waals surface area (Å²) in [7, 11) is 0. The lowest BCUT2D eigenvalue weighted by atomic mass is 9.95. The van der Waals surface area contributed by atoms with Crippen LogP contribution in [0.3, 0.4) is 0 Å². The molecule has 0 aromatic heterocycles. The number of nitrogens with two attached hydrogens (primary N) is 1. The van der Waals surface area contributed by atoms with E-state index in [1.54, 1.807) is 0 Å². The van der Waals surface area contributed by atoms with E-state index in [2.05, 4.69) is 10.6 Å². The first kappa shape index (κ1) is 8.72. The Bertz CT molecular complexity index is 256. The third-order valence-electron chi connectivity index (χ3n) is 2.70. The first-order valence-corrected chi connectivity index (χ1v) is 4.79. The lowest BCUT2D eigenvalue weighted by Crippen LogP contribution is -2.44. The molecular weight excluding hydrogens is 164 g/mol. The molecule has 0 aliphatic carbocycles. The van der Waals surface area contributed by atoms with E-state index in [0.717, 1.165) is 43.7 Å². The van der Waals surface area contributed by atoms with Gasteiger partial charge in [0.25, 0.3) is 0 Å². The van der Waals surface area contributed by atoms with Crippen molar-refractivity contribution in [2.75, 3.05) is 19.6 Å². The third-order valence-corrected chi connectivity index (χ3v) is 2.70. The fourth-order valence-corrected chi connectivity index (χ4v) is 2.01. The Morgan fingerprint density at radius 2 is 2.15 bits per heavy atom. The van der Waals surface area contributed by atoms with Gasteiger partial charge in [-0.15, -0.1) is 0 Å². The van der Waals surface area contributed by atoms with E-state index in [-0.39, 0.29) is 6.04 Å². The van der Waals surface area contributed by atoms with E-state index in [4.69, 9.17) is 11.1 Å². The Morgan fingerprint density at radius 3 is 3.00 bits per heavy atom. The molecule has 0 aromatic carbocycles. The molecule has 0 bridgehead atoms. The van der Waals surface area contributed by atoms with Gasteiger partial charge in [0, 0.05) is 49.1 Å². The fourth-order valence-electron chi connectivity index (χ4n) is 2.01. The second-order valence-electron chi connectivity index (χ2n) is 3.63. The van der Waals surface area contributed by atoms with Crippen molar-refractivity contribution < 1.29 is 0 Å². The number of hydrogen-bond acceptors (Lipinski definition) is 4. The molecular formula is C9H16N4. The Morgan fingerprint density at radius 1 is 1.31 bits per heavy atom. The van der Waals surface area contributed by atoms with Crippen LogP contribution in [0.2, 0.25) is 0 Å². The lowest BCUT2D eigenvalue weighted by Gasteiger charge is -2.26. The van der Waals surface area contributed by atoms with Gasteiger partial charge in [0.1, 0.15) is 0 Å². The molecule has 4 heteroatoms. The van der Waals surface area contributed by atoms with Gasteiger partial charge in [-0.1, -0.05) is 0 Å². The highest BCUT2D eigenvalue weighted by Crippen LogP contribution is 2.17. The Hall–Kier alpha value is -0.870. The van der Waals surface area contributed by atoms with E-state index in [9.17, 15) is 0 Å². The maximum absolute atomic E-state index is 7.87. The Labute approximate surface area is 78.1 Å². The van der Waals surface area contributed by atoms with Crippen LogP contribution in [0.1, 0.15) is 12.8 Å². The number of fused-ring (bicyclic) bond motifs is 1. The summed E-state index contributed by atoms with van der Waals surface area (Å²) in [5, 5.41) is 14.6. The third kappa shape index (κ3) is 1.59. The zero-order valence-electron chi connectivity index (χ0n) is 7.69. The minimum Gasteiger partial charge on any atom is -0.402 e.